The summed E-state index contributed by atoms with van der Waals surface area (Å²) in [5.74, 6) is -1.42. The van der Waals surface area contributed by atoms with Crippen LogP contribution in [0.3, 0.4) is 0 Å². The summed E-state index contributed by atoms with van der Waals surface area (Å²) >= 11 is 0. The lowest BCUT2D eigenvalue weighted by atomic mass is 9.94. The lowest BCUT2D eigenvalue weighted by Crippen LogP contribution is -2.51. The van der Waals surface area contributed by atoms with Crippen LogP contribution in [0.2, 0.25) is 0 Å². The molecule has 2 amide bonds. The van der Waals surface area contributed by atoms with Gasteiger partial charge < -0.3 is 20.5 Å². The molecule has 7 nitrogen and oxygen atoms in total. The quantitative estimate of drug-likeness (QED) is 0.641. The zero-order valence-corrected chi connectivity index (χ0v) is 13.4. The van der Waals surface area contributed by atoms with Crippen LogP contribution in [0.5, 0.6) is 0 Å². The number of carboxylic acid groups (broad SMARTS) is 1. The zero-order chi connectivity index (χ0) is 17.4. The van der Waals surface area contributed by atoms with Crippen LogP contribution >= 0.6 is 0 Å². The molecular weight excluding hydrogens is 312 g/mol. The van der Waals surface area contributed by atoms with Gasteiger partial charge in [0, 0.05) is 19.6 Å². The van der Waals surface area contributed by atoms with Gasteiger partial charge in [-0.05, 0) is 12.0 Å². The van der Waals surface area contributed by atoms with E-state index in [1.165, 1.54) is 0 Å². The van der Waals surface area contributed by atoms with Crippen LogP contribution < -0.4 is 10.6 Å². The number of carbonyl (C=O) groups excluding carboxylic acids is 2. The Morgan fingerprint density at radius 2 is 1.92 bits per heavy atom. The number of nitrogens with one attached hydrogen (secondary N) is 2. The summed E-state index contributed by atoms with van der Waals surface area (Å²) in [7, 11) is 0. The van der Waals surface area contributed by atoms with Gasteiger partial charge in [-0.25, -0.2) is 0 Å². The van der Waals surface area contributed by atoms with Gasteiger partial charge in [0.05, 0.1) is 25.0 Å². The van der Waals surface area contributed by atoms with Crippen LogP contribution in [0, 0.1) is 0 Å². The summed E-state index contributed by atoms with van der Waals surface area (Å²) in [6.45, 7) is 0.842. The minimum atomic E-state index is -0.975. The van der Waals surface area contributed by atoms with Gasteiger partial charge in [0.25, 0.3) is 0 Å². The summed E-state index contributed by atoms with van der Waals surface area (Å²) < 4.78 is 5.22. The van der Waals surface area contributed by atoms with Crippen LogP contribution in [0.1, 0.15) is 24.8 Å². The first-order valence-electron chi connectivity index (χ1n) is 7.90. The fourth-order valence-corrected chi connectivity index (χ4v) is 2.70. The predicted molar refractivity (Wildman–Crippen MR) is 86.3 cm³/mol. The Kier molecular flexibility index (Phi) is 6.31. The zero-order valence-electron chi connectivity index (χ0n) is 13.4. The average Bonchev–Trinajstić information content (AvgIpc) is 2.95. The first-order chi connectivity index (χ1) is 11.5. The molecule has 0 bridgehead atoms. The molecule has 1 atom stereocenters. The van der Waals surface area contributed by atoms with Gasteiger partial charge in [-0.3, -0.25) is 14.4 Å². The van der Waals surface area contributed by atoms with Gasteiger partial charge in [-0.2, -0.15) is 0 Å². The molecule has 7 heteroatoms. The summed E-state index contributed by atoms with van der Waals surface area (Å²) in [5.41, 5.74) is 0.0692. The van der Waals surface area contributed by atoms with E-state index < -0.39 is 11.5 Å². The van der Waals surface area contributed by atoms with Crippen molar-refractivity contribution >= 4 is 17.8 Å². The number of aliphatic carboxylic acids is 1. The molecule has 0 spiro atoms. The maximum Gasteiger partial charge on any atom is 0.305 e. The van der Waals surface area contributed by atoms with E-state index in [1.54, 1.807) is 0 Å². The molecule has 1 aliphatic heterocycles. The molecule has 0 aliphatic carbocycles. The van der Waals surface area contributed by atoms with Crippen LogP contribution in [0.15, 0.2) is 30.3 Å². The number of carboxylic acids is 1. The topological polar surface area (TPSA) is 105 Å². The second kappa shape index (κ2) is 8.44. The van der Waals surface area contributed by atoms with Gasteiger partial charge in [0.15, 0.2) is 0 Å². The summed E-state index contributed by atoms with van der Waals surface area (Å²) in [4.78, 5) is 34.8. The third-order valence-electron chi connectivity index (χ3n) is 3.88. The highest BCUT2D eigenvalue weighted by molar-refractivity contribution is 5.81. The minimum absolute atomic E-state index is 0.0991. The highest BCUT2D eigenvalue weighted by Gasteiger charge is 2.38. The Morgan fingerprint density at radius 1 is 1.17 bits per heavy atom. The number of amides is 2. The number of hydrogen-bond donors (Lipinski definition) is 3. The lowest BCUT2D eigenvalue weighted by Gasteiger charge is -2.27. The van der Waals surface area contributed by atoms with Crippen molar-refractivity contribution in [2.75, 3.05) is 19.8 Å². The fraction of sp³-hybridized carbons (Fsp3) is 0.471. The number of hydrogen-bond acceptors (Lipinski definition) is 4. The highest BCUT2D eigenvalue weighted by Crippen LogP contribution is 2.22. The molecule has 1 saturated heterocycles. The summed E-state index contributed by atoms with van der Waals surface area (Å²) in [5, 5.41) is 14.4. The second-order valence-electron chi connectivity index (χ2n) is 5.96. The predicted octanol–water partition coefficient (Wildman–Crippen LogP) is 0.485. The molecule has 130 valence electrons. The number of rotatable bonds is 8. The third kappa shape index (κ3) is 5.66. The van der Waals surface area contributed by atoms with Crippen molar-refractivity contribution in [2.24, 2.45) is 0 Å². The van der Waals surface area contributed by atoms with E-state index in [-0.39, 0.29) is 44.2 Å². The molecule has 2 rings (SSSR count). The van der Waals surface area contributed by atoms with Crippen molar-refractivity contribution in [2.45, 2.75) is 31.2 Å². The van der Waals surface area contributed by atoms with Crippen LogP contribution in [0.4, 0.5) is 0 Å². The molecule has 24 heavy (non-hydrogen) atoms. The van der Waals surface area contributed by atoms with E-state index in [0.717, 1.165) is 5.56 Å². The number of ether oxygens (including phenoxy) is 1. The molecule has 1 aromatic rings. The van der Waals surface area contributed by atoms with Crippen molar-refractivity contribution in [1.82, 2.24) is 10.6 Å². The second-order valence-corrected chi connectivity index (χ2v) is 5.96. The van der Waals surface area contributed by atoms with E-state index in [2.05, 4.69) is 10.6 Å². The Labute approximate surface area is 140 Å². The molecule has 1 aliphatic rings. The van der Waals surface area contributed by atoms with Gasteiger partial charge in [0.1, 0.15) is 0 Å². The maximum absolute atomic E-state index is 12.0. The Bertz CT molecular complexity index is 582. The van der Waals surface area contributed by atoms with Crippen molar-refractivity contribution in [3.8, 4) is 0 Å². The SMILES string of the molecule is O=C(O)CC1(NC(=O)CCNC(=O)Cc2ccccc2)CCOC1. The minimum Gasteiger partial charge on any atom is -0.481 e. The Hall–Kier alpha value is -2.41. The molecule has 0 radical (unpaired) electrons. The van der Waals surface area contributed by atoms with Crippen LogP contribution in [-0.2, 0) is 25.5 Å². The summed E-state index contributed by atoms with van der Waals surface area (Å²) in [6.07, 6.45) is 0.672. The molecular formula is C17H22N2O5. The average molecular weight is 334 g/mol. The summed E-state index contributed by atoms with van der Waals surface area (Å²) in [6, 6.07) is 9.33. The number of carbonyl (C=O) groups is 3. The largest absolute Gasteiger partial charge is 0.481 e. The molecule has 1 aromatic carbocycles. The van der Waals surface area contributed by atoms with Crippen molar-refractivity contribution in [3.63, 3.8) is 0 Å². The Morgan fingerprint density at radius 3 is 2.54 bits per heavy atom. The van der Waals surface area contributed by atoms with Crippen molar-refractivity contribution in [1.29, 1.82) is 0 Å². The Balaban J connectivity index is 1.72. The molecule has 3 N–H and O–H groups in total. The van der Waals surface area contributed by atoms with Crippen molar-refractivity contribution in [3.05, 3.63) is 35.9 Å². The van der Waals surface area contributed by atoms with Gasteiger partial charge >= 0.3 is 5.97 Å². The number of benzene rings is 1. The molecule has 1 heterocycles. The van der Waals surface area contributed by atoms with Crippen LogP contribution in [0.25, 0.3) is 0 Å². The smallest absolute Gasteiger partial charge is 0.305 e. The first kappa shape index (κ1) is 17.9. The van der Waals surface area contributed by atoms with E-state index in [1.807, 2.05) is 30.3 Å². The van der Waals surface area contributed by atoms with Gasteiger partial charge in [-0.15, -0.1) is 0 Å². The van der Waals surface area contributed by atoms with E-state index in [4.69, 9.17) is 9.84 Å². The lowest BCUT2D eigenvalue weighted by molar-refractivity contribution is -0.139. The van der Waals surface area contributed by atoms with Gasteiger partial charge in [0.2, 0.25) is 11.8 Å². The molecule has 1 fully saturated rings. The normalized spacial score (nSPS) is 19.7. The maximum atomic E-state index is 12.0. The van der Waals surface area contributed by atoms with Crippen molar-refractivity contribution < 1.29 is 24.2 Å². The van der Waals surface area contributed by atoms with E-state index in [9.17, 15) is 14.4 Å². The van der Waals surface area contributed by atoms with E-state index in [0.29, 0.717) is 13.0 Å². The monoisotopic (exact) mass is 334 g/mol. The molecule has 1 unspecified atom stereocenters. The third-order valence-corrected chi connectivity index (χ3v) is 3.88. The fourth-order valence-electron chi connectivity index (χ4n) is 2.70. The van der Waals surface area contributed by atoms with E-state index >= 15 is 0 Å². The molecule has 0 saturated carbocycles. The first-order valence-corrected chi connectivity index (χ1v) is 7.90. The molecule has 0 aromatic heterocycles. The standard InChI is InChI=1S/C17H22N2O5/c20-14(19-17(11-16(22)23)7-9-24-12-17)6-8-18-15(21)10-13-4-2-1-3-5-13/h1-5H,6-12H2,(H,18,21)(H,19,20)(H,22,23). The van der Waals surface area contributed by atoms with Gasteiger partial charge in [-0.1, -0.05) is 30.3 Å². The highest BCUT2D eigenvalue weighted by atomic mass is 16.5. The van der Waals surface area contributed by atoms with Crippen LogP contribution in [-0.4, -0.2) is 48.2 Å².